The van der Waals surface area contributed by atoms with Gasteiger partial charge < -0.3 is 0 Å². The molecule has 5 heteroatoms. The smallest absolute Gasteiger partial charge is 0.253 e. The van der Waals surface area contributed by atoms with E-state index in [0.717, 1.165) is 0 Å². The molecule has 1 aromatic rings. The minimum atomic E-state index is -0.523. The highest BCUT2D eigenvalue weighted by Gasteiger charge is 2.03. The SMILES string of the molecule is CC(=O)Br.O=C(Cl)c1ccccc1Cl. The van der Waals surface area contributed by atoms with Crippen molar-refractivity contribution in [3.8, 4) is 0 Å². The van der Waals surface area contributed by atoms with Crippen LogP contribution >= 0.6 is 39.1 Å². The second kappa shape index (κ2) is 6.98. The fourth-order valence-corrected chi connectivity index (χ4v) is 1.06. The summed E-state index contributed by atoms with van der Waals surface area (Å²) < 4.78 is -0.0208. The van der Waals surface area contributed by atoms with E-state index in [4.69, 9.17) is 23.2 Å². The molecule has 0 N–H and O–H groups in total. The van der Waals surface area contributed by atoms with Crippen LogP contribution in [0.3, 0.4) is 0 Å². The van der Waals surface area contributed by atoms with Crippen LogP contribution in [0, 0.1) is 0 Å². The Morgan fingerprint density at radius 1 is 1.29 bits per heavy atom. The van der Waals surface area contributed by atoms with Gasteiger partial charge in [0, 0.05) is 6.92 Å². The quantitative estimate of drug-likeness (QED) is 0.742. The second-order valence-corrected chi connectivity index (χ2v) is 4.09. The monoisotopic (exact) mass is 296 g/mol. The summed E-state index contributed by atoms with van der Waals surface area (Å²) >= 11 is 13.4. The molecule has 0 spiro atoms. The highest BCUT2D eigenvalue weighted by molar-refractivity contribution is 9.18. The third kappa shape index (κ3) is 6.13. The van der Waals surface area contributed by atoms with Crippen molar-refractivity contribution >= 4 is 49.1 Å². The number of carbonyl (C=O) groups is 2. The van der Waals surface area contributed by atoms with Gasteiger partial charge in [-0.15, -0.1) is 0 Å². The van der Waals surface area contributed by atoms with Gasteiger partial charge in [-0.3, -0.25) is 9.59 Å². The molecule has 0 bridgehead atoms. The Hall–Kier alpha value is -0.380. The maximum absolute atomic E-state index is 10.5. The summed E-state index contributed by atoms with van der Waals surface area (Å²) in [5.41, 5.74) is 0.353. The molecule has 0 aliphatic heterocycles. The first-order chi connectivity index (χ1) is 6.45. The molecule has 0 atom stereocenters. The molecule has 0 aliphatic rings. The van der Waals surface area contributed by atoms with Gasteiger partial charge in [0.1, 0.15) is 0 Å². The van der Waals surface area contributed by atoms with Crippen LogP contribution in [-0.2, 0) is 4.79 Å². The van der Waals surface area contributed by atoms with Gasteiger partial charge in [0.05, 0.1) is 10.6 Å². The number of rotatable bonds is 1. The van der Waals surface area contributed by atoms with Crippen LogP contribution in [0.4, 0.5) is 0 Å². The minimum absolute atomic E-state index is 0.0208. The number of halogens is 3. The average molecular weight is 298 g/mol. The van der Waals surface area contributed by atoms with Crippen LogP contribution in [-0.4, -0.2) is 9.93 Å². The topological polar surface area (TPSA) is 34.1 Å². The summed E-state index contributed by atoms with van der Waals surface area (Å²) in [6.07, 6.45) is 0. The molecule has 0 heterocycles. The van der Waals surface area contributed by atoms with E-state index in [1.807, 2.05) is 0 Å². The molecular formula is C9H7BrCl2O2. The van der Waals surface area contributed by atoms with Crippen LogP contribution in [0.2, 0.25) is 5.02 Å². The molecular weight excluding hydrogens is 291 g/mol. The summed E-state index contributed by atoms with van der Waals surface area (Å²) in [4.78, 5) is 19.9. The van der Waals surface area contributed by atoms with Crippen molar-refractivity contribution in [2.45, 2.75) is 6.92 Å². The predicted molar refractivity (Wildman–Crippen MR) is 61.2 cm³/mol. The third-order valence-corrected chi connectivity index (χ3v) is 1.62. The molecule has 0 saturated heterocycles. The van der Waals surface area contributed by atoms with E-state index >= 15 is 0 Å². The summed E-state index contributed by atoms with van der Waals surface area (Å²) in [7, 11) is 0. The Labute approximate surface area is 100 Å². The van der Waals surface area contributed by atoms with Crippen molar-refractivity contribution < 1.29 is 9.59 Å². The van der Waals surface area contributed by atoms with Crippen molar-refractivity contribution in [3.63, 3.8) is 0 Å². The van der Waals surface area contributed by atoms with Gasteiger partial charge in [-0.1, -0.05) is 23.7 Å². The normalized spacial score (nSPS) is 8.57. The first-order valence-corrected chi connectivity index (χ1v) is 5.10. The van der Waals surface area contributed by atoms with Crippen molar-refractivity contribution in [1.29, 1.82) is 0 Å². The fraction of sp³-hybridized carbons (Fsp3) is 0.111. The van der Waals surface area contributed by atoms with Gasteiger partial charge in [-0.2, -0.15) is 0 Å². The van der Waals surface area contributed by atoms with Gasteiger partial charge in [-0.05, 0) is 39.7 Å². The lowest BCUT2D eigenvalue weighted by atomic mass is 10.2. The van der Waals surface area contributed by atoms with Gasteiger partial charge in [-0.25, -0.2) is 0 Å². The van der Waals surface area contributed by atoms with Crippen LogP contribution in [0.1, 0.15) is 17.3 Å². The van der Waals surface area contributed by atoms with Crippen LogP contribution in [0.5, 0.6) is 0 Å². The Balaban J connectivity index is 0.000000364. The lowest BCUT2D eigenvalue weighted by Gasteiger charge is -1.93. The first kappa shape index (κ1) is 13.6. The van der Waals surface area contributed by atoms with Gasteiger partial charge in [0.25, 0.3) is 5.24 Å². The Morgan fingerprint density at radius 2 is 1.71 bits per heavy atom. The highest BCUT2D eigenvalue weighted by atomic mass is 79.9. The fourth-order valence-electron chi connectivity index (χ4n) is 0.621. The summed E-state index contributed by atoms with van der Waals surface area (Å²) in [5.74, 6) is 0. The molecule has 1 rings (SSSR count). The molecule has 14 heavy (non-hydrogen) atoms. The van der Waals surface area contributed by atoms with E-state index in [9.17, 15) is 9.59 Å². The van der Waals surface area contributed by atoms with Crippen molar-refractivity contribution in [2.75, 3.05) is 0 Å². The molecule has 76 valence electrons. The summed E-state index contributed by atoms with van der Waals surface area (Å²) in [5, 5.41) is -0.131. The van der Waals surface area contributed by atoms with Gasteiger partial charge >= 0.3 is 0 Å². The number of carbonyl (C=O) groups excluding carboxylic acids is 2. The van der Waals surface area contributed by atoms with Crippen molar-refractivity contribution in [3.05, 3.63) is 34.9 Å². The predicted octanol–water partition coefficient (Wildman–Crippen LogP) is 3.65. The molecule has 0 saturated carbocycles. The van der Waals surface area contributed by atoms with Crippen LogP contribution in [0.25, 0.3) is 0 Å². The minimum Gasteiger partial charge on any atom is -0.287 e. The van der Waals surface area contributed by atoms with Crippen LogP contribution < -0.4 is 0 Å². The maximum Gasteiger partial charge on any atom is 0.253 e. The second-order valence-electron chi connectivity index (χ2n) is 2.22. The molecule has 0 aromatic heterocycles. The zero-order chi connectivity index (χ0) is 11.1. The molecule has 1 aromatic carbocycles. The zero-order valence-electron chi connectivity index (χ0n) is 7.26. The Morgan fingerprint density at radius 3 is 2.00 bits per heavy atom. The molecule has 0 radical (unpaired) electrons. The zero-order valence-corrected chi connectivity index (χ0v) is 10.4. The molecule has 0 unspecified atom stereocenters. The molecule has 0 amide bonds. The standard InChI is InChI=1S/C7H4Cl2O.C2H3BrO/c8-6-4-2-1-3-5(6)7(9)10;1-2(3)4/h1-4H;1H3. The Kier molecular flexibility index (Phi) is 6.79. The first-order valence-electron chi connectivity index (χ1n) is 3.55. The van der Waals surface area contributed by atoms with Gasteiger partial charge in [0.15, 0.2) is 4.69 Å². The third-order valence-electron chi connectivity index (χ3n) is 1.09. The molecule has 0 aliphatic carbocycles. The number of benzene rings is 1. The van der Waals surface area contributed by atoms with E-state index in [2.05, 4.69) is 15.9 Å². The van der Waals surface area contributed by atoms with E-state index in [1.54, 1.807) is 24.3 Å². The summed E-state index contributed by atoms with van der Waals surface area (Å²) in [6.45, 7) is 1.44. The highest BCUT2D eigenvalue weighted by Crippen LogP contribution is 2.16. The van der Waals surface area contributed by atoms with Gasteiger partial charge in [0.2, 0.25) is 0 Å². The van der Waals surface area contributed by atoms with E-state index < -0.39 is 5.24 Å². The number of hydrogen-bond donors (Lipinski definition) is 0. The van der Waals surface area contributed by atoms with Crippen molar-refractivity contribution in [2.24, 2.45) is 0 Å². The van der Waals surface area contributed by atoms with Crippen molar-refractivity contribution in [1.82, 2.24) is 0 Å². The van der Waals surface area contributed by atoms with E-state index in [1.165, 1.54) is 6.92 Å². The lowest BCUT2D eigenvalue weighted by Crippen LogP contribution is -1.87. The molecule has 0 fully saturated rings. The maximum atomic E-state index is 10.5. The molecule has 2 nitrogen and oxygen atoms in total. The largest absolute Gasteiger partial charge is 0.287 e. The van der Waals surface area contributed by atoms with Crippen LogP contribution in [0.15, 0.2) is 24.3 Å². The lowest BCUT2D eigenvalue weighted by molar-refractivity contribution is -0.108. The summed E-state index contributed by atoms with van der Waals surface area (Å²) in [6, 6.07) is 6.65. The number of hydrogen-bond acceptors (Lipinski definition) is 2. The van der Waals surface area contributed by atoms with E-state index in [0.29, 0.717) is 10.6 Å². The Bertz CT molecular complexity index is 335. The van der Waals surface area contributed by atoms with E-state index in [-0.39, 0.29) is 4.69 Å². The average Bonchev–Trinajstić information content (AvgIpc) is 2.03.